The molecule has 3 aromatic rings. The van der Waals surface area contributed by atoms with Gasteiger partial charge in [0.05, 0.1) is 12.2 Å². The minimum atomic E-state index is 0.157. The smallest absolute Gasteiger partial charge is 0.0943 e. The molecule has 2 unspecified atom stereocenters. The summed E-state index contributed by atoms with van der Waals surface area (Å²) in [6.45, 7) is 2.76. The van der Waals surface area contributed by atoms with Crippen molar-refractivity contribution in [2.45, 2.75) is 31.6 Å². The maximum atomic E-state index is 6.15. The SMILES string of the molecule is CC(CC(N)=NCCC(c1ccc(Cl)cc1)c1ccccn1)c1cnc[nH]1. The number of nitrogens with zero attached hydrogens (tertiary/aromatic N) is 3. The van der Waals surface area contributed by atoms with Gasteiger partial charge in [0.25, 0.3) is 0 Å². The van der Waals surface area contributed by atoms with E-state index < -0.39 is 0 Å². The number of H-pyrrole nitrogens is 1. The lowest BCUT2D eigenvalue weighted by atomic mass is 9.92. The number of hydrogen-bond acceptors (Lipinski definition) is 3. The Bertz CT molecular complexity index is 844. The van der Waals surface area contributed by atoms with Crippen molar-refractivity contribution in [2.24, 2.45) is 10.7 Å². The van der Waals surface area contributed by atoms with E-state index in [1.54, 1.807) is 6.33 Å². The van der Waals surface area contributed by atoms with Crippen LogP contribution in [0.1, 0.15) is 48.6 Å². The van der Waals surface area contributed by atoms with Crippen LogP contribution in [0.4, 0.5) is 0 Å². The fourth-order valence-electron chi connectivity index (χ4n) is 3.12. The number of pyridine rings is 1. The molecule has 6 heteroatoms. The van der Waals surface area contributed by atoms with E-state index in [0.29, 0.717) is 18.8 Å². The van der Waals surface area contributed by atoms with Crippen LogP contribution in [0, 0.1) is 0 Å². The standard InChI is InChI=1S/C21H24ClN5/c1-15(20-13-24-14-27-20)12-21(23)26-11-9-18(19-4-2-3-10-25-19)16-5-7-17(22)8-6-16/h2-8,10,13-15,18H,9,11-12H2,1H3,(H2,23,26)(H,24,27). The molecule has 3 N–H and O–H groups in total. The number of aromatic nitrogens is 3. The van der Waals surface area contributed by atoms with E-state index in [1.165, 1.54) is 5.56 Å². The fourth-order valence-corrected chi connectivity index (χ4v) is 3.25. The zero-order valence-electron chi connectivity index (χ0n) is 15.3. The van der Waals surface area contributed by atoms with Crippen molar-refractivity contribution in [3.8, 4) is 0 Å². The molecule has 2 heterocycles. The molecule has 0 aliphatic carbocycles. The Balaban J connectivity index is 1.66. The van der Waals surface area contributed by atoms with Gasteiger partial charge in [0, 0.05) is 53.6 Å². The van der Waals surface area contributed by atoms with Crippen LogP contribution < -0.4 is 5.73 Å². The van der Waals surface area contributed by atoms with Crippen LogP contribution in [0.5, 0.6) is 0 Å². The Hall–Kier alpha value is -2.66. The summed E-state index contributed by atoms with van der Waals surface area (Å²) >= 11 is 6.04. The second kappa shape index (κ2) is 9.33. The Morgan fingerprint density at radius 2 is 2.04 bits per heavy atom. The average Bonchev–Trinajstić information content (AvgIpc) is 3.22. The van der Waals surface area contributed by atoms with Gasteiger partial charge in [-0.25, -0.2) is 4.98 Å². The molecule has 27 heavy (non-hydrogen) atoms. The summed E-state index contributed by atoms with van der Waals surface area (Å²) in [5.74, 6) is 1.08. The van der Waals surface area contributed by atoms with Gasteiger partial charge in [-0.15, -0.1) is 0 Å². The molecule has 2 aromatic heterocycles. The minimum absolute atomic E-state index is 0.157. The second-order valence-electron chi connectivity index (χ2n) is 6.63. The molecule has 0 spiro atoms. The first-order chi connectivity index (χ1) is 13.1. The highest BCUT2D eigenvalue weighted by atomic mass is 35.5. The molecular formula is C21H24ClN5. The number of nitrogens with one attached hydrogen (secondary N) is 1. The summed E-state index contributed by atoms with van der Waals surface area (Å²) < 4.78 is 0. The highest BCUT2D eigenvalue weighted by Gasteiger charge is 2.15. The van der Waals surface area contributed by atoms with E-state index in [0.717, 1.165) is 22.8 Å². The van der Waals surface area contributed by atoms with Gasteiger partial charge in [-0.05, 0) is 36.2 Å². The summed E-state index contributed by atoms with van der Waals surface area (Å²) in [5, 5.41) is 0.730. The highest BCUT2D eigenvalue weighted by molar-refractivity contribution is 6.30. The number of amidine groups is 1. The largest absolute Gasteiger partial charge is 0.387 e. The van der Waals surface area contributed by atoms with Gasteiger partial charge < -0.3 is 10.7 Å². The van der Waals surface area contributed by atoms with Crippen molar-refractivity contribution in [1.82, 2.24) is 15.0 Å². The lowest BCUT2D eigenvalue weighted by Gasteiger charge is -2.16. The van der Waals surface area contributed by atoms with Crippen molar-refractivity contribution in [1.29, 1.82) is 0 Å². The van der Waals surface area contributed by atoms with Crippen molar-refractivity contribution in [3.05, 3.63) is 83.2 Å². The number of benzene rings is 1. The third kappa shape index (κ3) is 5.41. The number of aliphatic imine (C=N–C) groups is 1. The number of rotatable bonds is 8. The van der Waals surface area contributed by atoms with Crippen LogP contribution in [-0.4, -0.2) is 27.3 Å². The van der Waals surface area contributed by atoms with E-state index in [9.17, 15) is 0 Å². The molecule has 0 aliphatic heterocycles. The Morgan fingerprint density at radius 3 is 2.70 bits per heavy atom. The van der Waals surface area contributed by atoms with Gasteiger partial charge >= 0.3 is 0 Å². The number of nitrogens with two attached hydrogens (primary N) is 1. The third-order valence-corrected chi connectivity index (χ3v) is 4.87. The first-order valence-electron chi connectivity index (χ1n) is 9.07. The molecule has 3 rings (SSSR count). The van der Waals surface area contributed by atoms with Crippen molar-refractivity contribution >= 4 is 17.4 Å². The maximum Gasteiger partial charge on any atom is 0.0943 e. The average molecular weight is 382 g/mol. The Kier molecular flexibility index (Phi) is 6.60. The van der Waals surface area contributed by atoms with Crippen LogP contribution in [0.2, 0.25) is 5.02 Å². The Morgan fingerprint density at radius 1 is 1.22 bits per heavy atom. The molecule has 0 saturated heterocycles. The van der Waals surface area contributed by atoms with Gasteiger partial charge in [0.2, 0.25) is 0 Å². The molecule has 0 radical (unpaired) electrons. The zero-order valence-corrected chi connectivity index (χ0v) is 16.1. The summed E-state index contributed by atoms with van der Waals surface area (Å²) in [7, 11) is 0. The van der Waals surface area contributed by atoms with E-state index in [2.05, 4.69) is 39.0 Å². The molecule has 140 valence electrons. The summed E-state index contributed by atoms with van der Waals surface area (Å²) in [4.78, 5) is 16.3. The zero-order chi connectivity index (χ0) is 19.1. The third-order valence-electron chi connectivity index (χ3n) is 4.62. The minimum Gasteiger partial charge on any atom is -0.387 e. The summed E-state index contributed by atoms with van der Waals surface area (Å²) in [5.41, 5.74) is 9.42. The summed E-state index contributed by atoms with van der Waals surface area (Å²) in [6, 6.07) is 13.9. The van der Waals surface area contributed by atoms with Crippen LogP contribution in [0.15, 0.2) is 66.2 Å². The molecule has 0 fully saturated rings. The summed E-state index contributed by atoms with van der Waals surface area (Å²) in [6.07, 6.45) is 6.87. The lowest BCUT2D eigenvalue weighted by Crippen LogP contribution is -2.16. The van der Waals surface area contributed by atoms with Gasteiger partial charge in [0.1, 0.15) is 0 Å². The molecule has 0 amide bonds. The molecule has 0 aliphatic rings. The van der Waals surface area contributed by atoms with Gasteiger partial charge in [0.15, 0.2) is 0 Å². The second-order valence-corrected chi connectivity index (χ2v) is 7.07. The number of halogens is 1. The predicted octanol–water partition coefficient (Wildman–Crippen LogP) is 4.53. The number of aromatic amines is 1. The lowest BCUT2D eigenvalue weighted by molar-refractivity contribution is 0.701. The molecule has 5 nitrogen and oxygen atoms in total. The molecule has 1 aromatic carbocycles. The van der Waals surface area contributed by atoms with Crippen molar-refractivity contribution in [3.63, 3.8) is 0 Å². The number of imidazole rings is 1. The predicted molar refractivity (Wildman–Crippen MR) is 110 cm³/mol. The molecule has 2 atom stereocenters. The number of hydrogen-bond donors (Lipinski definition) is 2. The van der Waals surface area contributed by atoms with E-state index in [4.69, 9.17) is 17.3 Å². The highest BCUT2D eigenvalue weighted by Crippen LogP contribution is 2.27. The van der Waals surface area contributed by atoms with Gasteiger partial charge in [-0.1, -0.05) is 36.7 Å². The van der Waals surface area contributed by atoms with Gasteiger partial charge in [-0.3, -0.25) is 9.98 Å². The topological polar surface area (TPSA) is 79.9 Å². The van der Waals surface area contributed by atoms with Crippen molar-refractivity contribution < 1.29 is 0 Å². The van der Waals surface area contributed by atoms with Crippen LogP contribution in [0.25, 0.3) is 0 Å². The van der Waals surface area contributed by atoms with Gasteiger partial charge in [-0.2, -0.15) is 0 Å². The van der Waals surface area contributed by atoms with Crippen LogP contribution in [-0.2, 0) is 0 Å². The van der Waals surface area contributed by atoms with E-state index in [-0.39, 0.29) is 11.8 Å². The van der Waals surface area contributed by atoms with E-state index in [1.807, 2.05) is 42.7 Å². The van der Waals surface area contributed by atoms with Crippen molar-refractivity contribution in [2.75, 3.05) is 6.54 Å². The fraction of sp³-hybridized carbons (Fsp3) is 0.286. The Labute approximate surface area is 164 Å². The first-order valence-corrected chi connectivity index (χ1v) is 9.44. The molecular weight excluding hydrogens is 358 g/mol. The normalized spacial score (nSPS) is 14.1. The first kappa shape index (κ1) is 19.1. The monoisotopic (exact) mass is 381 g/mol. The molecule has 0 bridgehead atoms. The molecule has 0 saturated carbocycles. The quantitative estimate of drug-likeness (QED) is 0.444. The van der Waals surface area contributed by atoms with Crippen LogP contribution in [0.3, 0.4) is 0 Å². The van der Waals surface area contributed by atoms with E-state index >= 15 is 0 Å². The maximum absolute atomic E-state index is 6.15. The van der Waals surface area contributed by atoms with Crippen LogP contribution >= 0.6 is 11.6 Å².